The lowest BCUT2D eigenvalue weighted by molar-refractivity contribution is 0.0967. The predicted molar refractivity (Wildman–Crippen MR) is 95.5 cm³/mol. The maximum absolute atomic E-state index is 12.0. The number of amides is 3. The van der Waals surface area contributed by atoms with Crippen LogP contribution in [0.2, 0.25) is 5.02 Å². The lowest BCUT2D eigenvalue weighted by Crippen LogP contribution is -2.34. The Kier molecular flexibility index (Phi) is 4.88. The van der Waals surface area contributed by atoms with Crippen LogP contribution in [0, 0.1) is 0 Å². The molecule has 120 valence electrons. The molecule has 0 spiro atoms. The van der Waals surface area contributed by atoms with Crippen molar-refractivity contribution < 1.29 is 9.59 Å². The number of thiazole rings is 1. The molecule has 0 fully saturated rings. The molecule has 0 aliphatic carbocycles. The van der Waals surface area contributed by atoms with Gasteiger partial charge in [0, 0.05) is 10.9 Å². The Bertz CT molecular complexity index is 880. The molecule has 0 aliphatic rings. The zero-order valence-electron chi connectivity index (χ0n) is 12.3. The number of hydrogen-bond acceptors (Lipinski definition) is 4. The molecule has 5 nitrogen and oxygen atoms in total. The van der Waals surface area contributed by atoms with Gasteiger partial charge in [0.2, 0.25) is 0 Å². The van der Waals surface area contributed by atoms with Crippen LogP contribution in [0.5, 0.6) is 0 Å². The van der Waals surface area contributed by atoms with Gasteiger partial charge in [0.25, 0.3) is 5.91 Å². The van der Waals surface area contributed by atoms with E-state index in [0.29, 0.717) is 5.13 Å². The summed E-state index contributed by atoms with van der Waals surface area (Å²) in [6.45, 7) is 0. The molecular weight excluding hydrogens is 346 g/mol. The maximum Gasteiger partial charge on any atom is 0.327 e. The van der Waals surface area contributed by atoms with Crippen LogP contribution in [-0.2, 0) is 0 Å². The highest BCUT2D eigenvalue weighted by Crippen LogP contribution is 2.24. The van der Waals surface area contributed by atoms with Gasteiger partial charge in [-0.1, -0.05) is 54.1 Å². The summed E-state index contributed by atoms with van der Waals surface area (Å²) in [6, 6.07) is 15.5. The smallest absolute Gasteiger partial charge is 0.283 e. The van der Waals surface area contributed by atoms with Gasteiger partial charge in [0.05, 0.1) is 16.3 Å². The molecule has 0 aliphatic heterocycles. The van der Waals surface area contributed by atoms with E-state index in [1.165, 1.54) is 11.3 Å². The minimum Gasteiger partial charge on any atom is -0.283 e. The van der Waals surface area contributed by atoms with Crippen LogP contribution in [0.25, 0.3) is 11.3 Å². The lowest BCUT2D eigenvalue weighted by atomic mass is 10.2. The Hall–Kier alpha value is -2.70. The van der Waals surface area contributed by atoms with E-state index in [9.17, 15) is 9.59 Å². The molecule has 1 aromatic heterocycles. The Morgan fingerprint density at radius 3 is 2.46 bits per heavy atom. The van der Waals surface area contributed by atoms with Gasteiger partial charge in [-0.25, -0.2) is 9.78 Å². The van der Waals surface area contributed by atoms with Gasteiger partial charge in [0.15, 0.2) is 5.13 Å². The summed E-state index contributed by atoms with van der Waals surface area (Å²) in [5.41, 5.74) is 1.95. The second-order valence-electron chi connectivity index (χ2n) is 4.79. The largest absolute Gasteiger partial charge is 0.327 e. The number of imide groups is 1. The molecule has 7 heteroatoms. The Balaban J connectivity index is 1.65. The fraction of sp³-hybridized carbons (Fsp3) is 0. The molecule has 0 radical (unpaired) electrons. The van der Waals surface area contributed by atoms with Gasteiger partial charge in [-0.3, -0.25) is 15.4 Å². The van der Waals surface area contributed by atoms with Gasteiger partial charge in [0.1, 0.15) is 0 Å². The lowest BCUT2D eigenvalue weighted by Gasteiger charge is -2.05. The predicted octanol–water partition coefficient (Wildman–Crippen LogP) is 4.43. The van der Waals surface area contributed by atoms with E-state index in [0.717, 1.165) is 11.3 Å². The highest BCUT2D eigenvalue weighted by Gasteiger charge is 2.14. The molecule has 24 heavy (non-hydrogen) atoms. The highest BCUT2D eigenvalue weighted by atomic mass is 35.5. The summed E-state index contributed by atoms with van der Waals surface area (Å²) in [6.07, 6.45) is 0. The van der Waals surface area contributed by atoms with Crippen LogP contribution < -0.4 is 10.6 Å². The second-order valence-corrected chi connectivity index (χ2v) is 6.06. The van der Waals surface area contributed by atoms with E-state index in [1.807, 2.05) is 35.7 Å². The third kappa shape index (κ3) is 3.79. The van der Waals surface area contributed by atoms with Crippen molar-refractivity contribution in [3.05, 3.63) is 70.6 Å². The molecule has 3 aromatic rings. The van der Waals surface area contributed by atoms with Crippen molar-refractivity contribution >= 4 is 40.0 Å². The molecule has 2 aromatic carbocycles. The number of halogens is 1. The van der Waals surface area contributed by atoms with Gasteiger partial charge in [-0.05, 0) is 12.1 Å². The number of hydrogen-bond donors (Lipinski definition) is 2. The van der Waals surface area contributed by atoms with Crippen molar-refractivity contribution in [1.82, 2.24) is 10.3 Å². The first kappa shape index (κ1) is 16.2. The van der Waals surface area contributed by atoms with Crippen molar-refractivity contribution in [3.8, 4) is 11.3 Å². The zero-order chi connectivity index (χ0) is 16.9. The number of carbonyl (C=O) groups excluding carboxylic acids is 2. The number of aromatic nitrogens is 1. The molecule has 0 atom stereocenters. The minimum absolute atomic E-state index is 0.235. The first-order valence-corrected chi connectivity index (χ1v) is 8.27. The van der Waals surface area contributed by atoms with Crippen molar-refractivity contribution in [2.45, 2.75) is 0 Å². The van der Waals surface area contributed by atoms with Gasteiger partial charge < -0.3 is 0 Å². The fourth-order valence-electron chi connectivity index (χ4n) is 2.02. The molecular formula is C17H12ClN3O2S. The quantitative estimate of drug-likeness (QED) is 0.728. The number of anilines is 1. The third-order valence-corrected chi connectivity index (χ3v) is 4.23. The summed E-state index contributed by atoms with van der Waals surface area (Å²) >= 11 is 7.21. The summed E-state index contributed by atoms with van der Waals surface area (Å²) in [5, 5.41) is 7.29. The number of urea groups is 1. The van der Waals surface area contributed by atoms with E-state index >= 15 is 0 Å². The van der Waals surface area contributed by atoms with Crippen molar-refractivity contribution in [3.63, 3.8) is 0 Å². The number of rotatable bonds is 3. The summed E-state index contributed by atoms with van der Waals surface area (Å²) < 4.78 is 0. The minimum atomic E-state index is -0.658. The molecule has 0 unspecified atom stereocenters. The van der Waals surface area contributed by atoms with E-state index in [1.54, 1.807) is 24.3 Å². The van der Waals surface area contributed by atoms with Crippen LogP contribution in [0.4, 0.5) is 9.93 Å². The standard InChI is InChI=1S/C17H12ClN3O2S/c18-13-9-5-4-8-12(13)15(22)20-16(23)21-17-19-14(10-24-17)11-6-2-1-3-7-11/h1-10H,(H2,19,20,21,22,23). The number of nitrogens with zero attached hydrogens (tertiary/aromatic N) is 1. The maximum atomic E-state index is 12.0. The van der Waals surface area contributed by atoms with Crippen LogP contribution >= 0.6 is 22.9 Å². The van der Waals surface area contributed by atoms with Crippen molar-refractivity contribution in [2.75, 3.05) is 5.32 Å². The molecule has 3 rings (SSSR count). The Morgan fingerprint density at radius 2 is 1.71 bits per heavy atom. The number of nitrogens with one attached hydrogen (secondary N) is 2. The van der Waals surface area contributed by atoms with E-state index in [-0.39, 0.29) is 10.6 Å². The monoisotopic (exact) mass is 357 g/mol. The number of carbonyl (C=O) groups is 2. The third-order valence-electron chi connectivity index (χ3n) is 3.14. The SMILES string of the molecule is O=C(NC(=O)c1ccccc1Cl)Nc1nc(-c2ccccc2)cs1. The Labute approximate surface area is 147 Å². The van der Waals surface area contributed by atoms with Gasteiger partial charge >= 0.3 is 6.03 Å². The molecule has 3 amide bonds. The van der Waals surface area contributed by atoms with E-state index in [2.05, 4.69) is 15.6 Å². The Morgan fingerprint density at radius 1 is 1.00 bits per heavy atom. The molecule has 2 N–H and O–H groups in total. The topological polar surface area (TPSA) is 71.1 Å². The second kappa shape index (κ2) is 7.25. The normalized spacial score (nSPS) is 10.2. The van der Waals surface area contributed by atoms with E-state index < -0.39 is 11.9 Å². The zero-order valence-corrected chi connectivity index (χ0v) is 13.9. The molecule has 0 saturated carbocycles. The summed E-state index contributed by atoms with van der Waals surface area (Å²) in [4.78, 5) is 28.3. The first-order valence-electron chi connectivity index (χ1n) is 7.01. The fourth-order valence-corrected chi connectivity index (χ4v) is 2.95. The van der Waals surface area contributed by atoms with Crippen molar-refractivity contribution in [2.24, 2.45) is 0 Å². The van der Waals surface area contributed by atoms with Crippen LogP contribution in [0.1, 0.15) is 10.4 Å². The van der Waals surface area contributed by atoms with Crippen LogP contribution in [0.15, 0.2) is 60.0 Å². The first-order chi connectivity index (χ1) is 11.6. The molecule has 0 saturated heterocycles. The average Bonchev–Trinajstić information content (AvgIpc) is 3.04. The van der Waals surface area contributed by atoms with Gasteiger partial charge in [-0.15, -0.1) is 11.3 Å². The average molecular weight is 358 g/mol. The summed E-state index contributed by atoms with van der Waals surface area (Å²) in [5.74, 6) is -0.571. The van der Waals surface area contributed by atoms with Gasteiger partial charge in [-0.2, -0.15) is 0 Å². The van der Waals surface area contributed by atoms with Crippen LogP contribution in [-0.4, -0.2) is 16.9 Å². The van der Waals surface area contributed by atoms with E-state index in [4.69, 9.17) is 11.6 Å². The highest BCUT2D eigenvalue weighted by molar-refractivity contribution is 7.14. The summed E-state index contributed by atoms with van der Waals surface area (Å²) in [7, 11) is 0. The van der Waals surface area contributed by atoms with Crippen LogP contribution in [0.3, 0.4) is 0 Å². The van der Waals surface area contributed by atoms with Crippen molar-refractivity contribution in [1.29, 1.82) is 0 Å². The molecule has 0 bridgehead atoms. The molecule has 1 heterocycles. The number of benzene rings is 2.